The zero-order valence-corrected chi connectivity index (χ0v) is 22.9. The van der Waals surface area contributed by atoms with E-state index in [1.165, 1.54) is 37.6 Å². The molecule has 2 amide bonds. The van der Waals surface area contributed by atoms with Crippen LogP contribution in [0.25, 0.3) is 6.08 Å². The highest BCUT2D eigenvalue weighted by molar-refractivity contribution is 7.91. The quantitative estimate of drug-likeness (QED) is 0.161. The first kappa shape index (κ1) is 28.7. The highest BCUT2D eigenvalue weighted by Gasteiger charge is 2.25. The zero-order valence-electron chi connectivity index (χ0n) is 22.1. The van der Waals surface area contributed by atoms with E-state index in [2.05, 4.69) is 4.98 Å². The van der Waals surface area contributed by atoms with Gasteiger partial charge in [-0.25, -0.2) is 18.9 Å². The largest absolute Gasteiger partial charge is 0.497 e. The minimum absolute atomic E-state index is 0.0134. The molecule has 0 spiro atoms. The number of nitrogens with two attached hydrogens (primary N) is 1. The Kier molecular flexibility index (Phi) is 8.83. The summed E-state index contributed by atoms with van der Waals surface area (Å²) >= 11 is 0. The monoisotopic (exact) mass is 566 g/mol. The molecule has 11 nitrogen and oxygen atoms in total. The Morgan fingerprint density at radius 1 is 1.20 bits per heavy atom. The summed E-state index contributed by atoms with van der Waals surface area (Å²) in [6.45, 7) is 3.49. The standard InChI is InChI=1S/C28H30N4O7S/c1-18-23(17-20-4-3-11-30-28(20)40(36,37)22-8-6-21(38-2)7-9-22)19(16-24(26(18)29)27(34)31-35)5-10-25(33)32-12-14-39-15-13-32/h3-11,16,35H,12-15,17,29H2,1-2H3,(H,31,34). The summed E-state index contributed by atoms with van der Waals surface area (Å²) in [5.41, 5.74) is 9.93. The normalized spacial score (nSPS) is 13.8. The number of anilines is 1. The minimum atomic E-state index is -4.00. The Morgan fingerprint density at radius 2 is 1.90 bits per heavy atom. The van der Waals surface area contributed by atoms with Crippen LogP contribution in [0.1, 0.15) is 32.6 Å². The third kappa shape index (κ3) is 5.98. The van der Waals surface area contributed by atoms with Gasteiger partial charge in [0, 0.05) is 37.5 Å². The zero-order chi connectivity index (χ0) is 28.9. The van der Waals surface area contributed by atoms with E-state index in [9.17, 15) is 23.2 Å². The lowest BCUT2D eigenvalue weighted by Crippen LogP contribution is -2.39. The van der Waals surface area contributed by atoms with Crippen LogP contribution in [0, 0.1) is 6.92 Å². The molecule has 0 bridgehead atoms. The number of sulfone groups is 1. The number of ether oxygens (including phenoxy) is 2. The van der Waals surface area contributed by atoms with Crippen molar-refractivity contribution in [3.63, 3.8) is 0 Å². The van der Waals surface area contributed by atoms with E-state index in [0.29, 0.717) is 54.3 Å². The number of benzene rings is 2. The molecule has 1 aliphatic rings. The molecule has 0 saturated carbocycles. The van der Waals surface area contributed by atoms with Crippen LogP contribution in [0.5, 0.6) is 5.75 Å². The van der Waals surface area contributed by atoms with Crippen LogP contribution in [0.4, 0.5) is 5.69 Å². The van der Waals surface area contributed by atoms with E-state index in [1.807, 2.05) is 0 Å². The first-order chi connectivity index (χ1) is 19.2. The summed E-state index contributed by atoms with van der Waals surface area (Å²) in [5, 5.41) is 9.10. The summed E-state index contributed by atoms with van der Waals surface area (Å²) in [5.74, 6) is -0.534. The number of amides is 2. The average molecular weight is 567 g/mol. The number of carbonyl (C=O) groups is 2. The van der Waals surface area contributed by atoms with Crippen molar-refractivity contribution in [2.75, 3.05) is 39.1 Å². The van der Waals surface area contributed by atoms with Crippen LogP contribution in [0.15, 0.2) is 64.7 Å². The van der Waals surface area contributed by atoms with Gasteiger partial charge >= 0.3 is 0 Å². The summed E-state index contributed by atoms with van der Waals surface area (Å²) in [6, 6.07) is 10.7. The molecular formula is C28H30N4O7S. The lowest BCUT2D eigenvalue weighted by molar-refractivity contribution is -0.129. The van der Waals surface area contributed by atoms with Crippen LogP contribution in [-0.2, 0) is 25.8 Å². The van der Waals surface area contributed by atoms with E-state index in [0.717, 1.165) is 0 Å². The Labute approximate surface area is 232 Å². The fraction of sp³-hybridized carbons (Fsp3) is 0.250. The van der Waals surface area contributed by atoms with Gasteiger partial charge in [0.15, 0.2) is 5.03 Å². The number of methoxy groups -OCH3 is 1. The minimum Gasteiger partial charge on any atom is -0.497 e. The number of aromatic nitrogens is 1. The van der Waals surface area contributed by atoms with Crippen molar-refractivity contribution >= 4 is 33.4 Å². The molecule has 3 aromatic rings. The van der Waals surface area contributed by atoms with Gasteiger partial charge in [-0.3, -0.25) is 14.8 Å². The highest BCUT2D eigenvalue weighted by Crippen LogP contribution is 2.31. The molecule has 210 valence electrons. The summed E-state index contributed by atoms with van der Waals surface area (Å²) in [6.07, 6.45) is 4.43. The summed E-state index contributed by atoms with van der Waals surface area (Å²) < 4.78 is 37.6. The molecule has 12 heteroatoms. The number of pyridine rings is 1. The number of nitrogen functional groups attached to an aromatic ring is 1. The van der Waals surface area contributed by atoms with E-state index in [4.69, 9.17) is 15.2 Å². The molecular weight excluding hydrogens is 536 g/mol. The van der Waals surface area contributed by atoms with Crippen LogP contribution in [0.2, 0.25) is 0 Å². The van der Waals surface area contributed by atoms with Crippen molar-refractivity contribution in [1.29, 1.82) is 0 Å². The summed E-state index contributed by atoms with van der Waals surface area (Å²) in [7, 11) is -2.51. The maximum Gasteiger partial charge on any atom is 0.276 e. The molecule has 1 aliphatic heterocycles. The summed E-state index contributed by atoms with van der Waals surface area (Å²) in [4.78, 5) is 31.0. The van der Waals surface area contributed by atoms with Crippen molar-refractivity contribution in [1.82, 2.24) is 15.4 Å². The SMILES string of the molecule is COc1ccc(S(=O)(=O)c2ncccc2Cc2c(C=CC(=O)N3CCOCC3)cc(C(=O)NO)c(N)c2C)cc1. The van der Waals surface area contributed by atoms with E-state index in [-0.39, 0.29) is 33.5 Å². The molecule has 1 fully saturated rings. The molecule has 2 heterocycles. The fourth-order valence-electron chi connectivity index (χ4n) is 4.44. The topological polar surface area (TPSA) is 161 Å². The van der Waals surface area contributed by atoms with Gasteiger partial charge in [-0.1, -0.05) is 6.07 Å². The van der Waals surface area contributed by atoms with Gasteiger partial charge in [0.2, 0.25) is 15.7 Å². The molecule has 1 aromatic heterocycles. The van der Waals surface area contributed by atoms with Crippen LogP contribution in [0.3, 0.4) is 0 Å². The highest BCUT2D eigenvalue weighted by atomic mass is 32.2. The molecule has 4 N–H and O–H groups in total. The second-order valence-electron chi connectivity index (χ2n) is 9.07. The second kappa shape index (κ2) is 12.3. The number of nitrogens with zero attached hydrogens (tertiary/aromatic N) is 2. The number of morpholine rings is 1. The first-order valence-corrected chi connectivity index (χ1v) is 13.9. The Hall–Kier alpha value is -4.26. The Morgan fingerprint density at radius 3 is 2.55 bits per heavy atom. The van der Waals surface area contributed by atoms with Crippen molar-refractivity contribution in [2.24, 2.45) is 0 Å². The number of carbonyl (C=O) groups excluding carboxylic acids is 2. The van der Waals surface area contributed by atoms with Gasteiger partial charge < -0.3 is 20.1 Å². The Bertz CT molecular complexity index is 1550. The second-order valence-corrected chi connectivity index (χ2v) is 10.9. The van der Waals surface area contributed by atoms with Gasteiger partial charge in [-0.05, 0) is 71.7 Å². The Balaban J connectivity index is 1.78. The number of hydrogen-bond acceptors (Lipinski definition) is 9. The number of hydrogen-bond donors (Lipinski definition) is 3. The smallest absolute Gasteiger partial charge is 0.276 e. The first-order valence-electron chi connectivity index (χ1n) is 12.4. The van der Waals surface area contributed by atoms with Crippen LogP contribution >= 0.6 is 0 Å². The maximum absolute atomic E-state index is 13.6. The average Bonchev–Trinajstić information content (AvgIpc) is 2.99. The van der Waals surface area contributed by atoms with Crippen molar-refractivity contribution in [2.45, 2.75) is 23.3 Å². The lowest BCUT2D eigenvalue weighted by atomic mass is 9.91. The lowest BCUT2D eigenvalue weighted by Gasteiger charge is -2.25. The third-order valence-electron chi connectivity index (χ3n) is 6.71. The van der Waals surface area contributed by atoms with Gasteiger partial charge in [0.05, 0.1) is 30.8 Å². The fourth-order valence-corrected chi connectivity index (χ4v) is 5.84. The molecule has 2 aromatic carbocycles. The van der Waals surface area contributed by atoms with Gasteiger partial charge in [0.25, 0.3) is 5.91 Å². The number of rotatable bonds is 8. The third-order valence-corrected chi connectivity index (χ3v) is 8.48. The van der Waals surface area contributed by atoms with Crippen LogP contribution < -0.4 is 16.0 Å². The van der Waals surface area contributed by atoms with Crippen LogP contribution in [-0.4, -0.2) is 68.7 Å². The molecule has 4 rings (SSSR count). The number of hydroxylamine groups is 1. The number of nitrogens with one attached hydrogen (secondary N) is 1. The van der Waals surface area contributed by atoms with Crippen molar-refractivity contribution in [3.8, 4) is 5.75 Å². The van der Waals surface area contributed by atoms with Gasteiger partial charge in [-0.15, -0.1) is 0 Å². The van der Waals surface area contributed by atoms with Crippen molar-refractivity contribution < 1.29 is 32.7 Å². The van der Waals surface area contributed by atoms with Crippen molar-refractivity contribution in [3.05, 3.63) is 82.6 Å². The van der Waals surface area contributed by atoms with E-state index < -0.39 is 15.7 Å². The predicted octanol–water partition coefficient (Wildman–Crippen LogP) is 2.40. The molecule has 40 heavy (non-hydrogen) atoms. The molecule has 0 unspecified atom stereocenters. The maximum atomic E-state index is 13.6. The molecule has 0 atom stereocenters. The molecule has 0 radical (unpaired) electrons. The predicted molar refractivity (Wildman–Crippen MR) is 147 cm³/mol. The molecule has 0 aliphatic carbocycles. The van der Waals surface area contributed by atoms with Gasteiger partial charge in [0.1, 0.15) is 5.75 Å². The van der Waals surface area contributed by atoms with E-state index >= 15 is 0 Å². The molecule has 1 saturated heterocycles. The van der Waals surface area contributed by atoms with E-state index in [1.54, 1.807) is 47.6 Å². The van der Waals surface area contributed by atoms with Gasteiger partial charge in [-0.2, -0.15) is 0 Å².